The number of anilines is 1. The maximum atomic E-state index is 6.08. The fourth-order valence-corrected chi connectivity index (χ4v) is 3.04. The molecule has 3 aromatic rings. The van der Waals surface area contributed by atoms with E-state index in [0.29, 0.717) is 11.6 Å². The van der Waals surface area contributed by atoms with Gasteiger partial charge in [-0.05, 0) is 54.4 Å². The van der Waals surface area contributed by atoms with Crippen molar-refractivity contribution < 1.29 is 9.47 Å². The number of hydrogen-bond donors (Lipinski definition) is 1. The van der Waals surface area contributed by atoms with Crippen LogP contribution in [-0.2, 0) is 6.61 Å². The van der Waals surface area contributed by atoms with Gasteiger partial charge in [0.1, 0.15) is 18.1 Å². The van der Waals surface area contributed by atoms with Crippen molar-refractivity contribution in [3.63, 3.8) is 0 Å². The molecule has 0 aliphatic rings. The van der Waals surface area contributed by atoms with Crippen LogP contribution in [0.15, 0.2) is 60.7 Å². The third-order valence-electron chi connectivity index (χ3n) is 4.39. The third kappa shape index (κ3) is 3.94. The molecule has 0 atom stereocenters. The Kier molecular flexibility index (Phi) is 5.69. The van der Waals surface area contributed by atoms with Crippen molar-refractivity contribution in [2.45, 2.75) is 13.5 Å². The van der Waals surface area contributed by atoms with Crippen molar-refractivity contribution in [1.82, 2.24) is 0 Å². The molecule has 0 saturated carbocycles. The minimum absolute atomic E-state index is 0.495. The molecule has 0 bridgehead atoms. The average Bonchev–Trinajstić information content (AvgIpc) is 2.67. The van der Waals surface area contributed by atoms with E-state index in [1.807, 2.05) is 55.6 Å². The van der Waals surface area contributed by atoms with Gasteiger partial charge in [-0.3, -0.25) is 0 Å². The molecule has 0 heterocycles. The summed E-state index contributed by atoms with van der Waals surface area (Å²) in [6.45, 7) is 2.59. The SMILES string of the molecule is CNc1cccc(C)c1COc1ccc(OC)c(-c2ccc(Cl)cc2)c1. The highest BCUT2D eigenvalue weighted by atomic mass is 35.5. The largest absolute Gasteiger partial charge is 0.496 e. The van der Waals surface area contributed by atoms with Gasteiger partial charge in [0.15, 0.2) is 0 Å². The van der Waals surface area contributed by atoms with Gasteiger partial charge in [-0.25, -0.2) is 0 Å². The van der Waals surface area contributed by atoms with E-state index in [4.69, 9.17) is 21.1 Å². The number of rotatable bonds is 6. The third-order valence-corrected chi connectivity index (χ3v) is 4.64. The van der Waals surface area contributed by atoms with Crippen molar-refractivity contribution in [2.24, 2.45) is 0 Å². The van der Waals surface area contributed by atoms with Gasteiger partial charge in [0.05, 0.1) is 7.11 Å². The first-order valence-electron chi connectivity index (χ1n) is 8.45. The predicted octanol–water partition coefficient (Wildman–Crippen LogP) is 5.94. The molecular formula is C22H22ClNO2. The van der Waals surface area contributed by atoms with Gasteiger partial charge >= 0.3 is 0 Å². The number of methoxy groups -OCH3 is 1. The van der Waals surface area contributed by atoms with Gasteiger partial charge < -0.3 is 14.8 Å². The maximum absolute atomic E-state index is 6.08. The molecule has 0 amide bonds. The summed E-state index contributed by atoms with van der Waals surface area (Å²) >= 11 is 6.00. The van der Waals surface area contributed by atoms with Crippen LogP contribution < -0.4 is 14.8 Å². The minimum Gasteiger partial charge on any atom is -0.496 e. The van der Waals surface area contributed by atoms with Crippen LogP contribution in [-0.4, -0.2) is 14.2 Å². The number of hydrogen-bond acceptors (Lipinski definition) is 3. The van der Waals surface area contributed by atoms with E-state index in [0.717, 1.165) is 33.9 Å². The van der Waals surface area contributed by atoms with E-state index in [2.05, 4.69) is 24.4 Å². The van der Waals surface area contributed by atoms with Gasteiger partial charge in [-0.2, -0.15) is 0 Å². The van der Waals surface area contributed by atoms with Gasteiger partial charge in [0.2, 0.25) is 0 Å². The van der Waals surface area contributed by atoms with E-state index in [9.17, 15) is 0 Å². The van der Waals surface area contributed by atoms with Crippen LogP contribution in [0.3, 0.4) is 0 Å². The van der Waals surface area contributed by atoms with Crippen LogP contribution in [0.4, 0.5) is 5.69 Å². The molecule has 0 radical (unpaired) electrons. The summed E-state index contributed by atoms with van der Waals surface area (Å²) in [4.78, 5) is 0. The second-order valence-corrected chi connectivity index (χ2v) is 6.45. The highest BCUT2D eigenvalue weighted by Crippen LogP contribution is 2.34. The lowest BCUT2D eigenvalue weighted by Gasteiger charge is -2.15. The first-order valence-corrected chi connectivity index (χ1v) is 8.83. The normalized spacial score (nSPS) is 10.5. The summed E-state index contributed by atoms with van der Waals surface area (Å²) in [5, 5.41) is 3.93. The molecule has 3 nitrogen and oxygen atoms in total. The maximum Gasteiger partial charge on any atom is 0.126 e. The topological polar surface area (TPSA) is 30.5 Å². The highest BCUT2D eigenvalue weighted by Gasteiger charge is 2.10. The highest BCUT2D eigenvalue weighted by molar-refractivity contribution is 6.30. The quantitative estimate of drug-likeness (QED) is 0.584. The molecule has 0 spiro atoms. The second-order valence-electron chi connectivity index (χ2n) is 6.01. The van der Waals surface area contributed by atoms with E-state index in [1.165, 1.54) is 5.56 Å². The van der Waals surface area contributed by atoms with E-state index in [-0.39, 0.29) is 0 Å². The van der Waals surface area contributed by atoms with Crippen LogP contribution in [0.2, 0.25) is 5.02 Å². The molecule has 0 fully saturated rings. The number of aryl methyl sites for hydroxylation is 1. The Morgan fingerprint density at radius 1 is 1.00 bits per heavy atom. The zero-order chi connectivity index (χ0) is 18.5. The standard InChI is InChI=1S/C22H22ClNO2/c1-15-5-4-6-21(24-2)20(15)14-26-18-11-12-22(25-3)19(13-18)16-7-9-17(23)10-8-16/h4-13,24H,14H2,1-3H3. The zero-order valence-corrected chi connectivity index (χ0v) is 15.9. The predicted molar refractivity (Wildman–Crippen MR) is 108 cm³/mol. The molecule has 3 aromatic carbocycles. The number of benzene rings is 3. The van der Waals surface area contributed by atoms with Gasteiger partial charge in [0, 0.05) is 28.9 Å². The van der Waals surface area contributed by atoms with Gasteiger partial charge in [-0.1, -0.05) is 35.9 Å². The monoisotopic (exact) mass is 367 g/mol. The Hall–Kier alpha value is -2.65. The van der Waals surface area contributed by atoms with Crippen LogP contribution in [0.25, 0.3) is 11.1 Å². The first-order chi connectivity index (χ1) is 12.6. The van der Waals surface area contributed by atoms with Crippen molar-refractivity contribution in [2.75, 3.05) is 19.5 Å². The summed E-state index contributed by atoms with van der Waals surface area (Å²) in [5.41, 5.74) is 5.43. The van der Waals surface area contributed by atoms with Crippen molar-refractivity contribution in [1.29, 1.82) is 0 Å². The van der Waals surface area contributed by atoms with E-state index >= 15 is 0 Å². The molecule has 0 unspecified atom stereocenters. The van der Waals surface area contributed by atoms with Gasteiger partial charge in [0.25, 0.3) is 0 Å². The molecule has 0 aliphatic heterocycles. The first kappa shape index (κ1) is 18.2. The molecular weight excluding hydrogens is 346 g/mol. The molecule has 134 valence electrons. The van der Waals surface area contributed by atoms with Crippen molar-refractivity contribution in [3.8, 4) is 22.6 Å². The van der Waals surface area contributed by atoms with E-state index in [1.54, 1.807) is 7.11 Å². The molecule has 3 rings (SSSR count). The number of nitrogens with one attached hydrogen (secondary N) is 1. The Bertz CT molecular complexity index is 891. The summed E-state index contributed by atoms with van der Waals surface area (Å²) in [6, 6.07) is 19.7. The van der Waals surface area contributed by atoms with E-state index < -0.39 is 0 Å². The van der Waals surface area contributed by atoms with Crippen molar-refractivity contribution in [3.05, 3.63) is 76.8 Å². The lowest BCUT2D eigenvalue weighted by atomic mass is 10.0. The van der Waals surface area contributed by atoms with Crippen LogP contribution in [0, 0.1) is 6.92 Å². The molecule has 0 aromatic heterocycles. The zero-order valence-electron chi connectivity index (χ0n) is 15.2. The van der Waals surface area contributed by atoms with Crippen molar-refractivity contribution >= 4 is 17.3 Å². The number of ether oxygens (including phenoxy) is 2. The Labute approximate surface area is 159 Å². The number of halogens is 1. The summed E-state index contributed by atoms with van der Waals surface area (Å²) < 4.78 is 11.6. The van der Waals surface area contributed by atoms with Crippen LogP contribution >= 0.6 is 11.6 Å². The fraction of sp³-hybridized carbons (Fsp3) is 0.182. The average molecular weight is 368 g/mol. The van der Waals surface area contributed by atoms with Gasteiger partial charge in [-0.15, -0.1) is 0 Å². The molecule has 1 N–H and O–H groups in total. The molecule has 0 aliphatic carbocycles. The minimum atomic E-state index is 0.495. The van der Waals surface area contributed by atoms with Crippen LogP contribution in [0.5, 0.6) is 11.5 Å². The lowest BCUT2D eigenvalue weighted by molar-refractivity contribution is 0.305. The van der Waals surface area contributed by atoms with Crippen LogP contribution in [0.1, 0.15) is 11.1 Å². The Morgan fingerprint density at radius 2 is 1.77 bits per heavy atom. The molecule has 0 saturated heterocycles. The molecule has 4 heteroatoms. The molecule has 26 heavy (non-hydrogen) atoms. The Morgan fingerprint density at radius 3 is 2.46 bits per heavy atom. The summed E-state index contributed by atoms with van der Waals surface area (Å²) in [5.74, 6) is 1.59. The second kappa shape index (κ2) is 8.15. The lowest BCUT2D eigenvalue weighted by Crippen LogP contribution is -2.03. The smallest absolute Gasteiger partial charge is 0.126 e. The fourth-order valence-electron chi connectivity index (χ4n) is 2.92. The Balaban J connectivity index is 1.88. The summed E-state index contributed by atoms with van der Waals surface area (Å²) in [7, 11) is 3.59. The summed E-state index contributed by atoms with van der Waals surface area (Å²) in [6.07, 6.45) is 0.